The van der Waals surface area contributed by atoms with E-state index in [-0.39, 0.29) is 0 Å². The van der Waals surface area contributed by atoms with Crippen LogP contribution in [-0.2, 0) is 4.74 Å². The first-order valence-electron chi connectivity index (χ1n) is 11.3. The summed E-state index contributed by atoms with van der Waals surface area (Å²) in [5.41, 5.74) is 9.35. The molecule has 2 N–H and O–H groups in total. The maximum atomic E-state index is 5.58. The van der Waals surface area contributed by atoms with Gasteiger partial charge in [0.15, 0.2) is 5.11 Å². The molecule has 1 heterocycles. The summed E-state index contributed by atoms with van der Waals surface area (Å²) in [6.07, 6.45) is 6.26. The maximum absolute atomic E-state index is 5.58. The standard InChI is InChI=1S/C24H35N5OS/c1-4-25-24(31)27-26-18-21-10-9-20(23(21)29-13-15-30-16-14-29)17-19-7-11-22(12-8-19)28(5-2)6-3/h7-8,11-12,17-18H,4-6,9-10,13-16H2,1-3H3,(H2,25,27,31)/b20-17+,26-18+. The topological polar surface area (TPSA) is 52.1 Å². The van der Waals surface area contributed by atoms with Crippen LogP contribution in [0.2, 0.25) is 0 Å². The van der Waals surface area contributed by atoms with Crippen LogP contribution in [0.15, 0.2) is 46.2 Å². The summed E-state index contributed by atoms with van der Waals surface area (Å²) in [7, 11) is 0. The highest BCUT2D eigenvalue weighted by Crippen LogP contribution is 2.35. The van der Waals surface area contributed by atoms with Gasteiger partial charge in [-0.15, -0.1) is 0 Å². The number of hydrogen-bond acceptors (Lipinski definition) is 5. The normalized spacial score (nSPS) is 18.2. The van der Waals surface area contributed by atoms with Crippen LogP contribution in [0.25, 0.3) is 6.08 Å². The molecule has 1 aromatic rings. The van der Waals surface area contributed by atoms with Crippen molar-refractivity contribution in [3.8, 4) is 0 Å². The first kappa shape index (κ1) is 23.3. The van der Waals surface area contributed by atoms with Crippen LogP contribution in [0.1, 0.15) is 39.2 Å². The fourth-order valence-electron chi connectivity index (χ4n) is 4.11. The first-order valence-corrected chi connectivity index (χ1v) is 11.8. The highest BCUT2D eigenvalue weighted by atomic mass is 32.1. The Morgan fingerprint density at radius 2 is 1.84 bits per heavy atom. The number of hydrazone groups is 1. The molecule has 0 spiro atoms. The molecule has 0 unspecified atom stereocenters. The van der Waals surface area contributed by atoms with Crippen molar-refractivity contribution >= 4 is 35.3 Å². The molecule has 1 saturated heterocycles. The summed E-state index contributed by atoms with van der Waals surface area (Å²) in [5.74, 6) is 0. The minimum atomic E-state index is 0.550. The fourth-order valence-corrected chi connectivity index (χ4v) is 4.31. The van der Waals surface area contributed by atoms with Crippen molar-refractivity contribution in [1.82, 2.24) is 15.6 Å². The summed E-state index contributed by atoms with van der Waals surface area (Å²) in [4.78, 5) is 4.81. The third-order valence-corrected chi connectivity index (χ3v) is 5.92. The van der Waals surface area contributed by atoms with Crippen LogP contribution >= 0.6 is 12.2 Å². The maximum Gasteiger partial charge on any atom is 0.186 e. The lowest BCUT2D eigenvalue weighted by Gasteiger charge is -2.31. The van der Waals surface area contributed by atoms with Gasteiger partial charge in [-0.25, -0.2) is 0 Å². The predicted molar refractivity (Wildman–Crippen MR) is 135 cm³/mol. The van der Waals surface area contributed by atoms with Crippen molar-refractivity contribution < 1.29 is 4.74 Å². The van der Waals surface area contributed by atoms with Gasteiger partial charge in [0.05, 0.1) is 19.4 Å². The molecule has 0 radical (unpaired) electrons. The highest BCUT2D eigenvalue weighted by Gasteiger charge is 2.25. The second-order valence-electron chi connectivity index (χ2n) is 7.64. The lowest BCUT2D eigenvalue weighted by molar-refractivity contribution is 0.0548. The van der Waals surface area contributed by atoms with Gasteiger partial charge >= 0.3 is 0 Å². The lowest BCUT2D eigenvalue weighted by atomic mass is 10.1. The molecular formula is C24H35N5OS. The number of ether oxygens (including phenoxy) is 1. The molecule has 0 aromatic heterocycles. The van der Waals surface area contributed by atoms with Crippen molar-refractivity contribution in [1.29, 1.82) is 0 Å². The SMILES string of the molecule is CCNC(=S)N/N=C/C1=C(N2CCOCC2)C(=C/c2ccc(N(CC)CC)cc2)/CC1. The number of allylic oxidation sites excluding steroid dienone is 2. The summed E-state index contributed by atoms with van der Waals surface area (Å²) in [5, 5.41) is 7.99. The van der Waals surface area contributed by atoms with E-state index in [0.717, 1.165) is 58.8 Å². The van der Waals surface area contributed by atoms with Gasteiger partial charge in [0.25, 0.3) is 0 Å². The zero-order chi connectivity index (χ0) is 22.1. The summed E-state index contributed by atoms with van der Waals surface area (Å²) < 4.78 is 5.58. The second kappa shape index (κ2) is 11.9. The molecule has 0 atom stereocenters. The quantitative estimate of drug-likeness (QED) is 0.364. The molecule has 2 aliphatic rings. The second-order valence-corrected chi connectivity index (χ2v) is 8.04. The van der Waals surface area contributed by atoms with Gasteiger partial charge < -0.3 is 19.9 Å². The monoisotopic (exact) mass is 441 g/mol. The fraction of sp³-hybridized carbons (Fsp3) is 0.500. The molecule has 31 heavy (non-hydrogen) atoms. The largest absolute Gasteiger partial charge is 0.378 e. The number of morpholine rings is 1. The van der Waals surface area contributed by atoms with Crippen molar-refractivity contribution in [2.45, 2.75) is 33.6 Å². The molecule has 1 aliphatic carbocycles. The van der Waals surface area contributed by atoms with Crippen LogP contribution < -0.4 is 15.6 Å². The van der Waals surface area contributed by atoms with E-state index in [1.165, 1.54) is 28.1 Å². The number of hydrogen-bond donors (Lipinski definition) is 2. The zero-order valence-corrected chi connectivity index (χ0v) is 19.8. The molecule has 0 saturated carbocycles. The zero-order valence-electron chi connectivity index (χ0n) is 19.0. The van der Waals surface area contributed by atoms with Crippen LogP contribution in [0.3, 0.4) is 0 Å². The third kappa shape index (κ3) is 6.31. The minimum Gasteiger partial charge on any atom is -0.378 e. The number of nitrogens with one attached hydrogen (secondary N) is 2. The Hall–Kier alpha value is -2.38. The van der Waals surface area contributed by atoms with Crippen LogP contribution in [0.5, 0.6) is 0 Å². The Morgan fingerprint density at radius 3 is 2.48 bits per heavy atom. The average Bonchev–Trinajstić information content (AvgIpc) is 3.18. The Bertz CT molecular complexity index is 821. The molecule has 3 rings (SSSR count). The molecular weight excluding hydrogens is 406 g/mol. The summed E-state index contributed by atoms with van der Waals surface area (Å²) >= 11 is 5.21. The van der Waals surface area contributed by atoms with Crippen LogP contribution in [-0.4, -0.2) is 62.2 Å². The van der Waals surface area contributed by atoms with E-state index in [2.05, 4.69) is 69.8 Å². The molecule has 0 amide bonds. The van der Waals surface area contributed by atoms with Gasteiger partial charge in [-0.05, 0) is 80.7 Å². The predicted octanol–water partition coefficient (Wildman–Crippen LogP) is 3.77. The Balaban J connectivity index is 1.83. The number of anilines is 1. The van der Waals surface area contributed by atoms with Crippen molar-refractivity contribution in [2.75, 3.05) is 50.8 Å². The van der Waals surface area contributed by atoms with Crippen molar-refractivity contribution in [2.24, 2.45) is 5.10 Å². The van der Waals surface area contributed by atoms with Gasteiger partial charge in [-0.2, -0.15) is 5.10 Å². The summed E-state index contributed by atoms with van der Waals surface area (Å²) in [6, 6.07) is 8.89. The Kier molecular flexibility index (Phi) is 8.91. The molecule has 1 aliphatic heterocycles. The Morgan fingerprint density at radius 1 is 1.13 bits per heavy atom. The molecule has 1 aromatic carbocycles. The minimum absolute atomic E-state index is 0.550. The van der Waals surface area contributed by atoms with Crippen molar-refractivity contribution in [3.05, 3.63) is 46.7 Å². The number of nitrogens with zero attached hydrogens (tertiary/aromatic N) is 3. The van der Waals surface area contributed by atoms with E-state index >= 15 is 0 Å². The van der Waals surface area contributed by atoms with Gasteiger partial charge in [0.2, 0.25) is 0 Å². The van der Waals surface area contributed by atoms with Crippen molar-refractivity contribution in [3.63, 3.8) is 0 Å². The van der Waals surface area contributed by atoms with Crippen LogP contribution in [0.4, 0.5) is 5.69 Å². The van der Waals surface area contributed by atoms with E-state index in [1.54, 1.807) is 0 Å². The third-order valence-electron chi connectivity index (χ3n) is 5.69. The van der Waals surface area contributed by atoms with Gasteiger partial charge in [-0.1, -0.05) is 12.1 Å². The molecule has 168 valence electrons. The molecule has 1 fully saturated rings. The number of benzene rings is 1. The first-order chi connectivity index (χ1) is 15.2. The van der Waals surface area contributed by atoms with Gasteiger partial charge in [0, 0.05) is 44.1 Å². The van der Waals surface area contributed by atoms with E-state index in [4.69, 9.17) is 17.0 Å². The molecule has 0 bridgehead atoms. The number of thiocarbonyl (C=S) groups is 1. The van der Waals surface area contributed by atoms with Gasteiger partial charge in [0.1, 0.15) is 0 Å². The van der Waals surface area contributed by atoms with Crippen LogP contribution in [0, 0.1) is 0 Å². The van der Waals surface area contributed by atoms with E-state index in [1.807, 2.05) is 13.1 Å². The van der Waals surface area contributed by atoms with E-state index in [0.29, 0.717) is 5.11 Å². The number of rotatable bonds is 8. The average molecular weight is 442 g/mol. The van der Waals surface area contributed by atoms with Gasteiger partial charge in [-0.3, -0.25) is 5.43 Å². The molecule has 7 heteroatoms. The highest BCUT2D eigenvalue weighted by molar-refractivity contribution is 7.80. The molecule has 6 nitrogen and oxygen atoms in total. The Labute approximate surface area is 192 Å². The van der Waals surface area contributed by atoms with E-state index in [9.17, 15) is 0 Å². The summed E-state index contributed by atoms with van der Waals surface area (Å²) in [6.45, 7) is 12.6. The van der Waals surface area contributed by atoms with E-state index < -0.39 is 0 Å². The lowest BCUT2D eigenvalue weighted by Crippen LogP contribution is -2.36. The smallest absolute Gasteiger partial charge is 0.186 e.